The van der Waals surface area contributed by atoms with Gasteiger partial charge in [-0.25, -0.2) is 8.42 Å². The quantitative estimate of drug-likeness (QED) is 0.159. The van der Waals surface area contributed by atoms with Crippen molar-refractivity contribution in [3.63, 3.8) is 0 Å². The second kappa shape index (κ2) is 16.3. The van der Waals surface area contributed by atoms with E-state index in [-0.39, 0.29) is 29.8 Å². The van der Waals surface area contributed by atoms with Crippen molar-refractivity contribution in [1.82, 2.24) is 10.2 Å². The molecule has 1 aliphatic carbocycles. The van der Waals surface area contributed by atoms with Crippen LogP contribution in [0.3, 0.4) is 0 Å². The van der Waals surface area contributed by atoms with E-state index >= 15 is 0 Å². The van der Waals surface area contributed by atoms with Crippen molar-refractivity contribution < 1.29 is 31.2 Å². The van der Waals surface area contributed by atoms with Crippen LogP contribution < -0.4 is 9.62 Å². The fraction of sp³-hybridized carbons (Fsp3) is 0.333. The van der Waals surface area contributed by atoms with Gasteiger partial charge in [0.15, 0.2) is 0 Å². The number of alkyl halides is 3. The van der Waals surface area contributed by atoms with Crippen LogP contribution >= 0.6 is 11.6 Å². The van der Waals surface area contributed by atoms with Gasteiger partial charge in [-0.2, -0.15) is 13.2 Å². The van der Waals surface area contributed by atoms with E-state index < -0.39 is 51.0 Å². The van der Waals surface area contributed by atoms with Crippen molar-refractivity contribution in [1.29, 1.82) is 0 Å². The van der Waals surface area contributed by atoms with Crippen LogP contribution in [0, 0.1) is 13.8 Å². The SMILES string of the molecule is Cc1ccc(S(=O)(=O)N(CC(=O)N(Cc2cccc(C)c2)[C@@H](Cc2ccccc2)C(=O)NC2CCCCC2)c2ccc(Cl)c(C(F)(F)F)c2)cc1. The van der Waals surface area contributed by atoms with Crippen molar-refractivity contribution in [3.05, 3.63) is 130 Å². The number of nitrogens with zero attached hydrogens (tertiary/aromatic N) is 2. The molecule has 1 fully saturated rings. The smallest absolute Gasteiger partial charge is 0.352 e. The van der Waals surface area contributed by atoms with E-state index in [9.17, 15) is 31.2 Å². The summed E-state index contributed by atoms with van der Waals surface area (Å²) in [5, 5.41) is 2.53. The van der Waals surface area contributed by atoms with Crippen molar-refractivity contribution in [3.8, 4) is 0 Å². The first-order valence-corrected chi connectivity index (χ1v) is 18.7. The number of amides is 2. The summed E-state index contributed by atoms with van der Waals surface area (Å²) < 4.78 is 71.3. The van der Waals surface area contributed by atoms with Gasteiger partial charge in [0, 0.05) is 19.0 Å². The van der Waals surface area contributed by atoms with Crippen LogP contribution in [-0.4, -0.2) is 43.8 Å². The molecule has 0 heterocycles. The van der Waals surface area contributed by atoms with Crippen LogP contribution in [0.4, 0.5) is 18.9 Å². The minimum Gasteiger partial charge on any atom is -0.352 e. The van der Waals surface area contributed by atoms with Gasteiger partial charge in [-0.05, 0) is 68.1 Å². The average molecular weight is 740 g/mol. The van der Waals surface area contributed by atoms with E-state index in [1.165, 1.54) is 17.0 Å². The highest BCUT2D eigenvalue weighted by Crippen LogP contribution is 2.38. The molecule has 1 atom stereocenters. The molecule has 0 saturated heterocycles. The summed E-state index contributed by atoms with van der Waals surface area (Å²) in [4.78, 5) is 30.1. The summed E-state index contributed by atoms with van der Waals surface area (Å²) in [7, 11) is -4.61. The summed E-state index contributed by atoms with van der Waals surface area (Å²) in [6.07, 6.45) is -0.164. The molecule has 2 amide bonds. The highest BCUT2D eigenvalue weighted by atomic mass is 35.5. The van der Waals surface area contributed by atoms with Gasteiger partial charge in [-0.3, -0.25) is 13.9 Å². The molecule has 270 valence electrons. The van der Waals surface area contributed by atoms with Gasteiger partial charge in [0.05, 0.1) is 21.2 Å². The molecule has 0 bridgehead atoms. The molecule has 0 unspecified atom stereocenters. The standard InChI is InChI=1S/C39H41ClF3N3O4S/c1-27-16-19-33(20-17-27)51(49,50)46(32-18-21-35(40)34(24-32)39(41,42)43)26-37(47)45(25-30-13-9-10-28(2)22-30)36(23-29-11-5-3-6-12-29)38(48)44-31-14-7-4-8-15-31/h3,5-6,9-13,16-22,24,31,36H,4,7-8,14-15,23,25-26H2,1-2H3,(H,44,48)/t36-/m0/s1. The Morgan fingerprint density at radius 2 is 1.51 bits per heavy atom. The summed E-state index contributed by atoms with van der Waals surface area (Å²) in [5.41, 5.74) is 1.51. The summed E-state index contributed by atoms with van der Waals surface area (Å²) in [6.45, 7) is 2.72. The second-order valence-corrected chi connectivity index (χ2v) is 15.3. The largest absolute Gasteiger partial charge is 0.417 e. The Balaban J connectivity index is 1.61. The molecule has 4 aromatic rings. The molecule has 0 aromatic heterocycles. The third-order valence-electron chi connectivity index (χ3n) is 9.09. The highest BCUT2D eigenvalue weighted by Gasteiger charge is 2.38. The molecular weight excluding hydrogens is 699 g/mol. The number of aryl methyl sites for hydroxylation is 2. The molecular formula is C39H41ClF3N3O4S. The maximum Gasteiger partial charge on any atom is 0.417 e. The number of anilines is 1. The number of hydrogen-bond acceptors (Lipinski definition) is 4. The lowest BCUT2D eigenvalue weighted by molar-refractivity contribution is -0.140. The van der Waals surface area contributed by atoms with Gasteiger partial charge in [0.25, 0.3) is 10.0 Å². The number of nitrogens with one attached hydrogen (secondary N) is 1. The monoisotopic (exact) mass is 739 g/mol. The Labute approximate surface area is 302 Å². The zero-order valence-electron chi connectivity index (χ0n) is 28.5. The van der Waals surface area contributed by atoms with Gasteiger partial charge < -0.3 is 10.2 Å². The first-order valence-electron chi connectivity index (χ1n) is 16.9. The fourth-order valence-electron chi connectivity index (χ4n) is 6.36. The van der Waals surface area contributed by atoms with Crippen LogP contribution in [0.2, 0.25) is 5.02 Å². The minimum absolute atomic E-state index is 0.0526. The lowest BCUT2D eigenvalue weighted by Gasteiger charge is -2.35. The second-order valence-electron chi connectivity index (χ2n) is 13.0. The lowest BCUT2D eigenvalue weighted by atomic mass is 9.94. The van der Waals surface area contributed by atoms with Crippen LogP contribution in [-0.2, 0) is 38.8 Å². The number of carbonyl (C=O) groups excluding carboxylic acids is 2. The molecule has 5 rings (SSSR count). The van der Waals surface area contributed by atoms with Gasteiger partial charge in [-0.1, -0.05) is 109 Å². The summed E-state index contributed by atoms with van der Waals surface area (Å²) in [5.74, 6) is -1.15. The van der Waals surface area contributed by atoms with Crippen LogP contribution in [0.25, 0.3) is 0 Å². The Morgan fingerprint density at radius 3 is 2.16 bits per heavy atom. The maximum absolute atomic E-state index is 14.7. The Morgan fingerprint density at radius 1 is 0.843 bits per heavy atom. The topological polar surface area (TPSA) is 86.8 Å². The van der Waals surface area contributed by atoms with Crippen LogP contribution in [0.15, 0.2) is 102 Å². The minimum atomic E-state index is -4.90. The van der Waals surface area contributed by atoms with E-state index in [1.54, 1.807) is 19.1 Å². The average Bonchev–Trinajstić information content (AvgIpc) is 3.09. The molecule has 0 radical (unpaired) electrons. The molecule has 4 aromatic carbocycles. The predicted octanol–water partition coefficient (Wildman–Crippen LogP) is 8.26. The third-order valence-corrected chi connectivity index (χ3v) is 11.2. The zero-order chi connectivity index (χ0) is 36.8. The molecule has 1 N–H and O–H groups in total. The van der Waals surface area contributed by atoms with Gasteiger partial charge in [0.2, 0.25) is 11.8 Å². The maximum atomic E-state index is 14.7. The van der Waals surface area contributed by atoms with Crippen LogP contribution in [0.5, 0.6) is 0 Å². The van der Waals surface area contributed by atoms with Crippen molar-refractivity contribution in [2.45, 2.75) is 82.1 Å². The van der Waals surface area contributed by atoms with E-state index in [0.717, 1.165) is 60.9 Å². The number of halogens is 4. The van der Waals surface area contributed by atoms with E-state index in [1.807, 2.05) is 61.5 Å². The number of rotatable bonds is 12. The molecule has 12 heteroatoms. The predicted molar refractivity (Wildman–Crippen MR) is 193 cm³/mol. The van der Waals surface area contributed by atoms with Crippen molar-refractivity contribution >= 4 is 39.1 Å². The van der Waals surface area contributed by atoms with Gasteiger partial charge in [-0.15, -0.1) is 0 Å². The molecule has 0 spiro atoms. The fourth-order valence-corrected chi connectivity index (χ4v) is 7.99. The molecule has 0 aliphatic heterocycles. The van der Waals surface area contributed by atoms with E-state index in [0.29, 0.717) is 15.9 Å². The normalized spacial score (nSPS) is 14.5. The first kappa shape index (κ1) is 37.9. The molecule has 51 heavy (non-hydrogen) atoms. The third kappa shape index (κ3) is 9.71. The zero-order valence-corrected chi connectivity index (χ0v) is 30.1. The molecule has 1 aliphatic rings. The number of carbonyl (C=O) groups is 2. The molecule has 7 nitrogen and oxygen atoms in total. The molecule has 1 saturated carbocycles. The van der Waals surface area contributed by atoms with Crippen molar-refractivity contribution in [2.75, 3.05) is 10.8 Å². The van der Waals surface area contributed by atoms with Crippen molar-refractivity contribution in [2.24, 2.45) is 0 Å². The number of benzene rings is 4. The van der Waals surface area contributed by atoms with Gasteiger partial charge in [0.1, 0.15) is 12.6 Å². The number of hydrogen-bond donors (Lipinski definition) is 1. The van der Waals surface area contributed by atoms with E-state index in [2.05, 4.69) is 5.32 Å². The highest BCUT2D eigenvalue weighted by molar-refractivity contribution is 7.92. The number of sulfonamides is 1. The van der Waals surface area contributed by atoms with E-state index in [4.69, 9.17) is 11.6 Å². The summed E-state index contributed by atoms with van der Waals surface area (Å²) >= 11 is 5.92. The summed E-state index contributed by atoms with van der Waals surface area (Å²) in [6, 6.07) is 23.9. The lowest BCUT2D eigenvalue weighted by Crippen LogP contribution is -2.55. The van der Waals surface area contributed by atoms with Crippen LogP contribution in [0.1, 0.15) is 59.9 Å². The Bertz CT molecular complexity index is 1930. The Hall–Kier alpha value is -4.35. The Kier molecular flexibility index (Phi) is 12.1. The van der Waals surface area contributed by atoms with Gasteiger partial charge >= 0.3 is 6.18 Å². The first-order chi connectivity index (χ1) is 24.2.